The maximum Gasteiger partial charge on any atom is 0.147 e. The molecule has 0 spiro atoms. The van der Waals surface area contributed by atoms with Gasteiger partial charge in [0, 0.05) is 30.1 Å². The first-order chi connectivity index (χ1) is 19.1. The van der Waals surface area contributed by atoms with Gasteiger partial charge in [0.15, 0.2) is 0 Å². The van der Waals surface area contributed by atoms with Crippen LogP contribution in [0, 0.1) is 7.14 Å². The van der Waals surface area contributed by atoms with Gasteiger partial charge in [-0.1, -0.05) is 73.4 Å². The van der Waals surface area contributed by atoms with Gasteiger partial charge in [-0.25, -0.2) is 0 Å². The van der Waals surface area contributed by atoms with Crippen molar-refractivity contribution in [2.45, 2.75) is 38.9 Å². The number of ketones is 1. The van der Waals surface area contributed by atoms with Crippen molar-refractivity contribution >= 4 is 74.2 Å². The number of halogens is 4. The molecule has 2 atom stereocenters. The van der Waals surface area contributed by atoms with Gasteiger partial charge in [-0.2, -0.15) is 0 Å². The van der Waals surface area contributed by atoms with Crippen LogP contribution < -0.4 is 9.47 Å². The molecule has 0 aliphatic heterocycles. The molecule has 4 aromatic rings. The predicted octanol–water partition coefficient (Wildman–Crippen LogP) is 9.25. The molecule has 0 radical (unpaired) electrons. The molecule has 0 aliphatic rings. The number of hydrogen-bond donors (Lipinski definition) is 2. The molecular formula is C31H26Cl2I2O5. The van der Waals surface area contributed by atoms with Crippen LogP contribution in [0.15, 0.2) is 72.8 Å². The lowest BCUT2D eigenvalue weighted by atomic mass is 9.85. The number of phenolic OH excluding ortho intramolecular Hbond substituents is 2. The van der Waals surface area contributed by atoms with Gasteiger partial charge < -0.3 is 19.7 Å². The Morgan fingerprint density at radius 1 is 0.725 bits per heavy atom. The van der Waals surface area contributed by atoms with Crippen molar-refractivity contribution in [2.75, 3.05) is 0 Å². The Balaban J connectivity index is 1.47. The summed E-state index contributed by atoms with van der Waals surface area (Å²) in [6.45, 7) is 3.94. The second kappa shape index (κ2) is 13.6. The highest BCUT2D eigenvalue weighted by atomic mass is 127. The Labute approximate surface area is 270 Å². The quantitative estimate of drug-likeness (QED) is 0.157. The lowest BCUT2D eigenvalue weighted by Gasteiger charge is -2.21. The fraction of sp³-hybridized carbons (Fsp3) is 0.194. The summed E-state index contributed by atoms with van der Waals surface area (Å²) in [5, 5.41) is 21.8. The molecule has 0 fully saturated rings. The molecule has 0 amide bonds. The second-order valence-corrected chi connectivity index (χ2v) is 12.6. The van der Waals surface area contributed by atoms with Gasteiger partial charge in [0.25, 0.3) is 0 Å². The molecule has 0 aliphatic carbocycles. The zero-order valence-electron chi connectivity index (χ0n) is 21.6. The van der Waals surface area contributed by atoms with Crippen LogP contribution in [0.4, 0.5) is 0 Å². The third-order valence-corrected chi connectivity index (χ3v) is 8.65. The smallest absolute Gasteiger partial charge is 0.147 e. The lowest BCUT2D eigenvalue weighted by Crippen LogP contribution is -2.17. The number of benzene rings is 4. The van der Waals surface area contributed by atoms with E-state index >= 15 is 0 Å². The molecule has 0 saturated carbocycles. The van der Waals surface area contributed by atoms with Crippen molar-refractivity contribution < 1.29 is 24.5 Å². The third kappa shape index (κ3) is 7.16. The summed E-state index contributed by atoms with van der Waals surface area (Å²) in [5.74, 6) is -1.44. The van der Waals surface area contributed by atoms with Crippen molar-refractivity contribution in [1.29, 1.82) is 0 Å². The topological polar surface area (TPSA) is 76.0 Å². The number of ether oxygens (including phenoxy) is 2. The van der Waals surface area contributed by atoms with Gasteiger partial charge in [0.1, 0.15) is 52.0 Å². The number of phenols is 2. The first-order valence-electron chi connectivity index (χ1n) is 12.4. The van der Waals surface area contributed by atoms with Crippen LogP contribution in [0.1, 0.15) is 47.9 Å². The van der Waals surface area contributed by atoms with E-state index in [-0.39, 0.29) is 40.5 Å². The molecule has 40 heavy (non-hydrogen) atoms. The van der Waals surface area contributed by atoms with Gasteiger partial charge in [-0.15, -0.1) is 0 Å². The molecule has 4 rings (SSSR count). The zero-order chi connectivity index (χ0) is 29.0. The monoisotopic (exact) mass is 802 g/mol. The molecule has 0 heterocycles. The van der Waals surface area contributed by atoms with Gasteiger partial charge >= 0.3 is 0 Å². The minimum Gasteiger partial charge on any atom is -0.506 e. The fourth-order valence-electron chi connectivity index (χ4n) is 4.30. The number of carbonyl (C=O) groups excluding carboxylic acids is 1. The Morgan fingerprint density at radius 2 is 1.12 bits per heavy atom. The van der Waals surface area contributed by atoms with Crippen LogP contribution in [-0.2, 0) is 18.0 Å². The van der Waals surface area contributed by atoms with Crippen LogP contribution in [0.5, 0.6) is 23.0 Å². The number of hydrogen-bond acceptors (Lipinski definition) is 5. The van der Waals surface area contributed by atoms with E-state index in [1.165, 1.54) is 0 Å². The normalized spacial score (nSPS) is 12.6. The van der Waals surface area contributed by atoms with E-state index in [1.54, 1.807) is 38.1 Å². The molecule has 0 bridgehead atoms. The Kier molecular flexibility index (Phi) is 10.5. The predicted molar refractivity (Wildman–Crippen MR) is 175 cm³/mol. The van der Waals surface area contributed by atoms with E-state index in [1.807, 2.05) is 48.5 Å². The minimum absolute atomic E-state index is 0.0379. The first kappa shape index (κ1) is 30.7. The maximum absolute atomic E-state index is 13.5. The highest BCUT2D eigenvalue weighted by molar-refractivity contribution is 14.1. The Hall–Kier alpha value is -2.21. The summed E-state index contributed by atoms with van der Waals surface area (Å²) in [7, 11) is 0. The van der Waals surface area contributed by atoms with Gasteiger partial charge in [-0.3, -0.25) is 4.79 Å². The van der Waals surface area contributed by atoms with Gasteiger partial charge in [0.2, 0.25) is 0 Å². The van der Waals surface area contributed by atoms with Crippen LogP contribution >= 0.6 is 68.4 Å². The molecule has 5 nitrogen and oxygen atoms in total. The van der Waals surface area contributed by atoms with Gasteiger partial charge in [0.05, 0.1) is 0 Å². The SMILES string of the molecule is CC(C(=O)C(C)c1ccc(OCc2cccc(I)c2)c(Cl)c1O)c1ccc(OCc2cccc(I)c2)c(Cl)c1O. The van der Waals surface area contributed by atoms with Crippen LogP contribution in [0.2, 0.25) is 10.0 Å². The third-order valence-electron chi connectivity index (χ3n) is 6.58. The average Bonchev–Trinajstić information content (AvgIpc) is 2.93. The van der Waals surface area contributed by atoms with Crippen molar-refractivity contribution in [2.24, 2.45) is 0 Å². The number of rotatable bonds is 10. The van der Waals surface area contributed by atoms with E-state index in [9.17, 15) is 15.0 Å². The summed E-state index contributed by atoms with van der Waals surface area (Å²) >= 11 is 17.3. The van der Waals surface area contributed by atoms with Crippen molar-refractivity contribution in [3.63, 3.8) is 0 Å². The van der Waals surface area contributed by atoms with Crippen LogP contribution in [-0.4, -0.2) is 16.0 Å². The standard InChI is InChI=1S/C31H26Cl2I2O5/c1-17(23-9-11-25(27(32)30(23)37)39-15-19-5-3-7-21(34)13-19)29(36)18(2)24-10-12-26(28(33)31(24)38)40-16-20-6-4-8-22(35)14-20/h3-14,17-18,37-38H,15-16H2,1-2H3. The van der Waals surface area contributed by atoms with E-state index in [2.05, 4.69) is 45.2 Å². The highest BCUT2D eigenvalue weighted by Crippen LogP contribution is 2.44. The molecule has 2 unspecified atom stereocenters. The minimum atomic E-state index is -0.716. The van der Waals surface area contributed by atoms with Gasteiger partial charge in [-0.05, 0) is 92.7 Å². The van der Waals surface area contributed by atoms with Crippen LogP contribution in [0.3, 0.4) is 0 Å². The molecule has 0 aromatic heterocycles. The summed E-state index contributed by atoms with van der Waals surface area (Å²) in [4.78, 5) is 13.5. The number of carbonyl (C=O) groups is 1. The van der Waals surface area contributed by atoms with Crippen molar-refractivity contribution in [1.82, 2.24) is 0 Å². The van der Waals surface area contributed by atoms with E-state index in [4.69, 9.17) is 32.7 Å². The molecule has 4 aromatic carbocycles. The summed E-state index contributed by atoms with van der Waals surface area (Å²) in [5.41, 5.74) is 2.67. The Morgan fingerprint density at radius 3 is 1.50 bits per heavy atom. The Bertz CT molecular complexity index is 1430. The fourth-order valence-corrected chi connectivity index (χ4v) is 5.97. The second-order valence-electron chi connectivity index (χ2n) is 9.31. The van der Waals surface area contributed by atoms with E-state index < -0.39 is 11.8 Å². The van der Waals surface area contributed by atoms with Crippen molar-refractivity contribution in [3.8, 4) is 23.0 Å². The summed E-state index contributed by atoms with van der Waals surface area (Å²) in [6.07, 6.45) is 0. The zero-order valence-corrected chi connectivity index (χ0v) is 27.5. The van der Waals surface area contributed by atoms with E-state index in [0.29, 0.717) is 22.6 Å². The summed E-state index contributed by atoms with van der Waals surface area (Å²) < 4.78 is 13.8. The van der Waals surface area contributed by atoms with E-state index in [0.717, 1.165) is 18.3 Å². The largest absolute Gasteiger partial charge is 0.506 e. The maximum atomic E-state index is 13.5. The number of Topliss-reactive ketones (excluding diaryl/α,β-unsaturated/α-hetero) is 1. The molecule has 9 heteroatoms. The molecule has 2 N–H and O–H groups in total. The van der Waals surface area contributed by atoms with Crippen LogP contribution in [0.25, 0.3) is 0 Å². The lowest BCUT2D eigenvalue weighted by molar-refractivity contribution is -0.121. The first-order valence-corrected chi connectivity index (χ1v) is 15.3. The number of aromatic hydroxyl groups is 2. The van der Waals surface area contributed by atoms with Crippen molar-refractivity contribution in [3.05, 3.63) is 112 Å². The average molecular weight is 803 g/mol. The molecular weight excluding hydrogens is 777 g/mol. The molecule has 0 saturated heterocycles. The summed E-state index contributed by atoms with van der Waals surface area (Å²) in [6, 6.07) is 22.3. The highest BCUT2D eigenvalue weighted by Gasteiger charge is 2.29. The molecule has 208 valence electrons.